The lowest BCUT2D eigenvalue weighted by atomic mass is 9.79. The average molecular weight is 270 g/mol. The molecule has 0 aromatic heterocycles. The molecule has 2 aliphatic rings. The third-order valence-electron chi connectivity index (χ3n) is 4.43. The van der Waals surface area contributed by atoms with E-state index in [4.69, 9.17) is 15.5 Å². The minimum absolute atomic E-state index is 0.0230. The van der Waals surface area contributed by atoms with Crippen LogP contribution in [0.3, 0.4) is 0 Å². The highest BCUT2D eigenvalue weighted by Crippen LogP contribution is 2.59. The zero-order valence-corrected chi connectivity index (χ0v) is 12.3. The number of carbonyl (C=O) groups excluding carboxylic acids is 1. The van der Waals surface area contributed by atoms with Gasteiger partial charge in [-0.05, 0) is 46.5 Å². The summed E-state index contributed by atoms with van der Waals surface area (Å²) in [5.41, 5.74) is -0.630. The van der Waals surface area contributed by atoms with E-state index >= 15 is 0 Å². The molecular weight excluding hydrogens is 244 g/mol. The number of rotatable bonds is 4. The molecule has 2 aliphatic carbocycles. The van der Waals surface area contributed by atoms with Crippen molar-refractivity contribution in [3.8, 4) is 0 Å². The van der Waals surface area contributed by atoms with E-state index in [0.717, 1.165) is 38.5 Å². The van der Waals surface area contributed by atoms with E-state index in [2.05, 4.69) is 5.32 Å². The Morgan fingerprint density at radius 3 is 2.21 bits per heavy atom. The minimum atomic E-state index is -0.467. The van der Waals surface area contributed by atoms with Gasteiger partial charge in [-0.3, -0.25) is 0 Å². The third kappa shape index (κ3) is 3.03. The molecular formula is C14H26N2O3. The van der Waals surface area contributed by atoms with Gasteiger partial charge in [0.25, 0.3) is 0 Å². The van der Waals surface area contributed by atoms with Crippen molar-refractivity contribution in [2.75, 3.05) is 6.61 Å². The molecule has 3 N–H and O–H groups in total. The van der Waals surface area contributed by atoms with Crippen molar-refractivity contribution in [1.29, 1.82) is 0 Å². The second-order valence-corrected chi connectivity index (χ2v) is 7.01. The molecule has 0 heterocycles. The monoisotopic (exact) mass is 270 g/mol. The number of alkyl carbamates (subject to hydrolysis) is 1. The van der Waals surface area contributed by atoms with Gasteiger partial charge in [-0.1, -0.05) is 12.8 Å². The highest BCUT2D eigenvalue weighted by atomic mass is 16.6. The lowest BCUT2D eigenvalue weighted by molar-refractivity contribution is 0.0181. The summed E-state index contributed by atoms with van der Waals surface area (Å²) in [6, 6.07) is 0. The van der Waals surface area contributed by atoms with Crippen LogP contribution in [0.15, 0.2) is 0 Å². The molecule has 0 aromatic carbocycles. The lowest BCUT2D eigenvalue weighted by Gasteiger charge is -2.39. The zero-order valence-electron chi connectivity index (χ0n) is 12.3. The van der Waals surface area contributed by atoms with Gasteiger partial charge in [-0.2, -0.15) is 0 Å². The van der Waals surface area contributed by atoms with Crippen LogP contribution in [0.4, 0.5) is 4.79 Å². The van der Waals surface area contributed by atoms with Crippen molar-refractivity contribution in [1.82, 2.24) is 5.32 Å². The summed E-state index contributed by atoms with van der Waals surface area (Å²) in [5.74, 6) is 5.27. The fraction of sp³-hybridized carbons (Fsp3) is 0.929. The summed E-state index contributed by atoms with van der Waals surface area (Å²) in [6.07, 6.45) is 6.09. The molecule has 110 valence electrons. The molecule has 1 amide bonds. The van der Waals surface area contributed by atoms with Gasteiger partial charge in [-0.15, -0.1) is 0 Å². The fourth-order valence-corrected chi connectivity index (χ4v) is 3.34. The molecule has 0 atom stereocenters. The van der Waals surface area contributed by atoms with E-state index in [-0.39, 0.29) is 17.0 Å². The maximum atomic E-state index is 12.1. The second-order valence-electron chi connectivity index (χ2n) is 7.01. The highest BCUT2D eigenvalue weighted by Gasteiger charge is 2.61. The summed E-state index contributed by atoms with van der Waals surface area (Å²) >= 11 is 0. The van der Waals surface area contributed by atoms with Gasteiger partial charge < -0.3 is 14.9 Å². The van der Waals surface area contributed by atoms with Crippen molar-refractivity contribution in [3.63, 3.8) is 0 Å². The van der Waals surface area contributed by atoms with Crippen molar-refractivity contribution in [3.05, 3.63) is 0 Å². The quantitative estimate of drug-likeness (QED) is 0.770. The SMILES string of the molecule is CC(C)(C)OC(=O)NC1(C2(CON)CC2)CCCC1. The van der Waals surface area contributed by atoms with Crippen LogP contribution in [0.25, 0.3) is 0 Å². The van der Waals surface area contributed by atoms with Crippen molar-refractivity contribution in [2.45, 2.75) is 70.4 Å². The fourth-order valence-electron chi connectivity index (χ4n) is 3.34. The number of nitrogens with two attached hydrogens (primary N) is 1. The maximum Gasteiger partial charge on any atom is 0.408 e. The molecule has 5 heteroatoms. The van der Waals surface area contributed by atoms with Gasteiger partial charge in [0, 0.05) is 5.41 Å². The third-order valence-corrected chi connectivity index (χ3v) is 4.43. The Bertz CT molecular complexity index is 339. The summed E-state index contributed by atoms with van der Waals surface area (Å²) in [7, 11) is 0. The molecule has 19 heavy (non-hydrogen) atoms. The number of carbonyl (C=O) groups is 1. The zero-order chi connectivity index (χ0) is 14.1. The van der Waals surface area contributed by atoms with E-state index in [1.807, 2.05) is 20.8 Å². The largest absolute Gasteiger partial charge is 0.444 e. The summed E-state index contributed by atoms with van der Waals surface area (Å²) in [6.45, 7) is 6.15. The van der Waals surface area contributed by atoms with E-state index in [1.165, 1.54) is 0 Å². The lowest BCUT2D eigenvalue weighted by Crippen LogP contribution is -2.55. The topological polar surface area (TPSA) is 73.6 Å². The second kappa shape index (κ2) is 4.94. The van der Waals surface area contributed by atoms with Gasteiger partial charge >= 0.3 is 6.09 Å². The predicted molar refractivity (Wildman–Crippen MR) is 72.4 cm³/mol. The summed E-state index contributed by atoms with van der Waals surface area (Å²) < 4.78 is 5.40. The number of nitrogens with one attached hydrogen (secondary N) is 1. The van der Waals surface area contributed by atoms with Crippen molar-refractivity contribution < 1.29 is 14.4 Å². The molecule has 0 spiro atoms. The molecule has 0 saturated heterocycles. The molecule has 0 bridgehead atoms. The van der Waals surface area contributed by atoms with Gasteiger partial charge in [0.05, 0.1) is 12.1 Å². The number of ether oxygens (including phenoxy) is 1. The summed E-state index contributed by atoms with van der Waals surface area (Å²) in [4.78, 5) is 17.0. The van der Waals surface area contributed by atoms with Crippen molar-refractivity contribution >= 4 is 6.09 Å². The van der Waals surface area contributed by atoms with Gasteiger partial charge in [-0.25, -0.2) is 10.7 Å². The van der Waals surface area contributed by atoms with Gasteiger partial charge in [0.2, 0.25) is 0 Å². The molecule has 0 radical (unpaired) electrons. The standard InChI is InChI=1S/C14H26N2O3/c1-12(2,3)19-11(17)16-14(6-4-5-7-14)13(8-9-13)10-18-15/h4-10,15H2,1-3H3,(H,16,17). The average Bonchev–Trinajstić information content (AvgIpc) is 2.89. The minimum Gasteiger partial charge on any atom is -0.444 e. The predicted octanol–water partition coefficient (Wildman–Crippen LogP) is 2.49. The Labute approximate surface area is 115 Å². The molecule has 2 fully saturated rings. The number of hydrogen-bond donors (Lipinski definition) is 2. The first-order valence-corrected chi connectivity index (χ1v) is 7.15. The van der Waals surface area contributed by atoms with Gasteiger partial charge in [0.15, 0.2) is 0 Å². The van der Waals surface area contributed by atoms with Crippen LogP contribution >= 0.6 is 0 Å². The first kappa shape index (κ1) is 14.6. The van der Waals surface area contributed by atoms with E-state index < -0.39 is 5.60 Å². The van der Waals surface area contributed by atoms with Crippen LogP contribution in [-0.4, -0.2) is 23.8 Å². The maximum absolute atomic E-state index is 12.1. The van der Waals surface area contributed by atoms with Crippen LogP contribution in [-0.2, 0) is 9.57 Å². The van der Waals surface area contributed by atoms with Crippen LogP contribution in [0, 0.1) is 5.41 Å². The van der Waals surface area contributed by atoms with Crippen molar-refractivity contribution in [2.24, 2.45) is 11.3 Å². The van der Waals surface area contributed by atoms with Crippen LogP contribution in [0.1, 0.15) is 59.3 Å². The molecule has 0 unspecified atom stereocenters. The summed E-state index contributed by atoms with van der Waals surface area (Å²) in [5, 5.41) is 3.14. The Morgan fingerprint density at radius 2 is 1.79 bits per heavy atom. The first-order valence-electron chi connectivity index (χ1n) is 7.15. The van der Waals surface area contributed by atoms with E-state index in [0.29, 0.717) is 6.61 Å². The van der Waals surface area contributed by atoms with E-state index in [1.54, 1.807) is 0 Å². The smallest absolute Gasteiger partial charge is 0.408 e. The number of amides is 1. The molecule has 2 rings (SSSR count). The van der Waals surface area contributed by atoms with Gasteiger partial charge in [0.1, 0.15) is 5.60 Å². The Hall–Kier alpha value is -0.810. The normalized spacial score (nSPS) is 24.0. The van der Waals surface area contributed by atoms with Crippen LogP contribution in [0.5, 0.6) is 0 Å². The molecule has 2 saturated carbocycles. The molecule has 5 nitrogen and oxygen atoms in total. The number of hydrogen-bond acceptors (Lipinski definition) is 4. The first-order chi connectivity index (χ1) is 8.83. The van der Waals surface area contributed by atoms with Crippen LogP contribution < -0.4 is 11.2 Å². The Morgan fingerprint density at radius 1 is 1.21 bits per heavy atom. The van der Waals surface area contributed by atoms with Crippen LogP contribution in [0.2, 0.25) is 0 Å². The highest BCUT2D eigenvalue weighted by molar-refractivity contribution is 5.69. The molecule has 0 aromatic rings. The molecule has 0 aliphatic heterocycles. The Balaban J connectivity index is 2.06. The van der Waals surface area contributed by atoms with E-state index in [9.17, 15) is 4.79 Å². The Kier molecular flexibility index (Phi) is 3.80.